The van der Waals surface area contributed by atoms with Gasteiger partial charge in [-0.1, -0.05) is 46.9 Å². The number of amides is 2. The second-order valence-electron chi connectivity index (χ2n) is 8.46. The number of rotatable bonds is 3. The highest BCUT2D eigenvalue weighted by molar-refractivity contribution is 6.40. The molecular weight excluding hydrogens is 496 g/mol. The van der Waals surface area contributed by atoms with Crippen molar-refractivity contribution in [3.8, 4) is 11.1 Å². The third kappa shape index (κ3) is 4.12. The zero-order valence-electron chi connectivity index (χ0n) is 18.3. The summed E-state index contributed by atoms with van der Waals surface area (Å²) in [7, 11) is 0. The number of quaternary nitrogens is 1. The maximum atomic E-state index is 13.9. The van der Waals surface area contributed by atoms with Gasteiger partial charge in [0.2, 0.25) is 0 Å². The zero-order valence-corrected chi connectivity index (χ0v) is 20.6. The molecule has 1 unspecified atom stereocenters. The van der Waals surface area contributed by atoms with Crippen molar-refractivity contribution in [2.45, 2.75) is 19.4 Å². The number of hydrogen-bond donors (Lipinski definition) is 2. The van der Waals surface area contributed by atoms with Gasteiger partial charge < -0.3 is 5.32 Å². The van der Waals surface area contributed by atoms with Gasteiger partial charge in [0, 0.05) is 17.7 Å². The Labute approximate surface area is 212 Å². The molecule has 0 saturated heterocycles. The van der Waals surface area contributed by atoms with E-state index in [1.807, 2.05) is 13.0 Å². The highest BCUT2D eigenvalue weighted by atomic mass is 35.5. The van der Waals surface area contributed by atoms with Crippen molar-refractivity contribution >= 4 is 57.8 Å². The lowest BCUT2D eigenvalue weighted by atomic mass is 9.87. The predicted molar refractivity (Wildman–Crippen MR) is 137 cm³/mol. The van der Waals surface area contributed by atoms with E-state index in [0.29, 0.717) is 32.0 Å². The minimum atomic E-state index is -0.404. The summed E-state index contributed by atoms with van der Waals surface area (Å²) in [5.41, 5.74) is 5.74. The van der Waals surface area contributed by atoms with Crippen LogP contribution in [-0.4, -0.2) is 19.1 Å². The monoisotopic (exact) mass is 516 g/mol. The van der Waals surface area contributed by atoms with Crippen molar-refractivity contribution < 1.29 is 14.5 Å². The van der Waals surface area contributed by atoms with Gasteiger partial charge in [-0.15, -0.1) is 0 Å². The third-order valence-electron chi connectivity index (χ3n) is 6.28. The normalized spacial score (nSPS) is 18.0. The van der Waals surface area contributed by atoms with E-state index in [4.69, 9.17) is 34.8 Å². The molecule has 0 fully saturated rings. The first kappa shape index (κ1) is 23.3. The molecule has 2 aliphatic heterocycles. The number of carbonyl (C=O) groups excluding carboxylic acids is 1. The van der Waals surface area contributed by atoms with Crippen LogP contribution in [0.3, 0.4) is 0 Å². The summed E-state index contributed by atoms with van der Waals surface area (Å²) in [4.78, 5) is 14.9. The Hall–Kier alpha value is -2.41. The maximum Gasteiger partial charge on any atom is 0.425 e. The maximum absolute atomic E-state index is 13.9. The fourth-order valence-corrected chi connectivity index (χ4v) is 5.56. The van der Waals surface area contributed by atoms with E-state index in [9.17, 15) is 9.18 Å². The smallest absolute Gasteiger partial charge is 0.313 e. The molecule has 0 aliphatic carbocycles. The van der Waals surface area contributed by atoms with Crippen LogP contribution in [0.1, 0.15) is 30.5 Å². The van der Waals surface area contributed by atoms with Crippen LogP contribution < -0.4 is 15.5 Å². The fourth-order valence-electron chi connectivity index (χ4n) is 4.73. The molecule has 3 aromatic carbocycles. The minimum Gasteiger partial charge on any atom is -0.313 e. The summed E-state index contributed by atoms with van der Waals surface area (Å²) >= 11 is 19.6. The van der Waals surface area contributed by atoms with Crippen molar-refractivity contribution in [2.24, 2.45) is 0 Å². The molecule has 1 atom stereocenters. The topological polar surface area (TPSA) is 49.0 Å². The van der Waals surface area contributed by atoms with Gasteiger partial charge in [-0.2, -0.15) is 0 Å². The number of nitrogens with two attached hydrogens (primary N) is 1. The Kier molecular flexibility index (Phi) is 6.40. The molecule has 0 bridgehead atoms. The van der Waals surface area contributed by atoms with Crippen LogP contribution in [0.4, 0.5) is 20.6 Å². The number of anilines is 2. The molecule has 5 rings (SSSR count). The number of benzene rings is 3. The van der Waals surface area contributed by atoms with E-state index >= 15 is 0 Å². The summed E-state index contributed by atoms with van der Waals surface area (Å²) in [5.74, 6) is -0.404. The average molecular weight is 518 g/mol. The summed E-state index contributed by atoms with van der Waals surface area (Å²) in [6.45, 7) is 3.59. The Balaban J connectivity index is 1.83. The van der Waals surface area contributed by atoms with E-state index < -0.39 is 5.82 Å². The molecule has 3 N–H and O–H groups in total. The number of urea groups is 1. The molecular formula is C26H22Cl3FN3O+. The first-order valence-corrected chi connectivity index (χ1v) is 12.1. The van der Waals surface area contributed by atoms with Crippen LogP contribution in [0, 0.1) is 5.82 Å². The summed E-state index contributed by atoms with van der Waals surface area (Å²) in [5, 5.41) is 6.04. The molecule has 2 aliphatic rings. The van der Waals surface area contributed by atoms with Crippen LogP contribution in [0.2, 0.25) is 15.1 Å². The summed E-state index contributed by atoms with van der Waals surface area (Å²) in [6, 6.07) is 13.3. The van der Waals surface area contributed by atoms with Gasteiger partial charge in [0.15, 0.2) is 0 Å². The number of nitrogens with one attached hydrogen (secondary N) is 1. The van der Waals surface area contributed by atoms with Gasteiger partial charge in [0.25, 0.3) is 0 Å². The van der Waals surface area contributed by atoms with Gasteiger partial charge in [0.1, 0.15) is 11.9 Å². The van der Waals surface area contributed by atoms with E-state index in [1.165, 1.54) is 17.7 Å². The largest absolute Gasteiger partial charge is 0.425 e. The number of nitrogens with zero attached hydrogens (tertiary/aromatic N) is 1. The van der Waals surface area contributed by atoms with Gasteiger partial charge in [-0.25, -0.2) is 14.1 Å². The number of halogens is 4. The highest BCUT2D eigenvalue weighted by Crippen LogP contribution is 2.46. The molecule has 0 aromatic heterocycles. The van der Waals surface area contributed by atoms with Crippen LogP contribution >= 0.6 is 34.8 Å². The quantitative estimate of drug-likeness (QED) is 0.405. The van der Waals surface area contributed by atoms with Crippen LogP contribution in [0.5, 0.6) is 0 Å². The second kappa shape index (κ2) is 9.33. The van der Waals surface area contributed by atoms with Crippen LogP contribution in [0.25, 0.3) is 16.7 Å². The molecule has 0 radical (unpaired) electrons. The summed E-state index contributed by atoms with van der Waals surface area (Å²) < 4.78 is 13.9. The van der Waals surface area contributed by atoms with Crippen molar-refractivity contribution in [3.05, 3.63) is 86.6 Å². The number of para-hydroxylation sites is 1. The lowest BCUT2D eigenvalue weighted by Gasteiger charge is -2.33. The Morgan fingerprint density at radius 1 is 1.03 bits per heavy atom. The van der Waals surface area contributed by atoms with Gasteiger partial charge >= 0.3 is 6.03 Å². The zero-order chi connectivity index (χ0) is 24.0. The molecule has 0 spiro atoms. The molecule has 174 valence electrons. The standard InChI is InChI=1S/C26H21Cl3FN3O/c1-14-24-19(18-6-5-17(30)13-22(18)29)11-16(15-7-9-31-10-8-15)12-23(24)33(26(34)32-14)25-20(27)3-2-4-21(25)28/h2-7,11-14,31H,8-10H2,1H3,(H,32,34)/p+1. The number of hydrogen-bond acceptors (Lipinski definition) is 2. The Morgan fingerprint density at radius 3 is 2.47 bits per heavy atom. The van der Waals surface area contributed by atoms with Gasteiger partial charge in [0.05, 0.1) is 26.4 Å². The molecule has 2 amide bonds. The Bertz CT molecular complexity index is 1320. The lowest BCUT2D eigenvalue weighted by Crippen LogP contribution is -2.92. The summed E-state index contributed by atoms with van der Waals surface area (Å²) in [6.07, 6.45) is 2.99. The molecule has 34 heavy (non-hydrogen) atoms. The van der Waals surface area contributed by atoms with Crippen LogP contribution in [0.15, 0.2) is 54.6 Å². The van der Waals surface area contributed by atoms with E-state index in [-0.39, 0.29) is 12.1 Å². The van der Waals surface area contributed by atoms with Crippen molar-refractivity contribution in [2.75, 3.05) is 18.0 Å². The third-order valence-corrected chi connectivity index (χ3v) is 7.21. The molecule has 8 heteroatoms. The first-order valence-electron chi connectivity index (χ1n) is 11.0. The van der Waals surface area contributed by atoms with Crippen molar-refractivity contribution in [1.82, 2.24) is 5.32 Å². The van der Waals surface area contributed by atoms with Crippen LogP contribution in [-0.2, 0) is 0 Å². The van der Waals surface area contributed by atoms with Gasteiger partial charge in [-0.05, 0) is 79.1 Å². The van der Waals surface area contributed by atoms with Crippen molar-refractivity contribution in [1.29, 1.82) is 0 Å². The molecule has 3 aromatic rings. The minimum absolute atomic E-state index is 0.202. The van der Waals surface area contributed by atoms with E-state index in [2.05, 4.69) is 17.5 Å². The van der Waals surface area contributed by atoms with Gasteiger partial charge in [-0.3, -0.25) is 5.32 Å². The lowest BCUT2D eigenvalue weighted by molar-refractivity contribution is -0.598. The highest BCUT2D eigenvalue weighted by Gasteiger charge is 2.38. The average Bonchev–Trinajstić information content (AvgIpc) is 2.80. The van der Waals surface area contributed by atoms with E-state index in [1.54, 1.807) is 34.5 Å². The number of primary amides is 1. The molecule has 0 saturated carbocycles. The number of carbonyl (C=O) groups is 1. The molecule has 2 heterocycles. The second-order valence-corrected chi connectivity index (χ2v) is 9.69. The predicted octanol–water partition coefficient (Wildman–Crippen LogP) is 6.73. The fraction of sp³-hybridized carbons (Fsp3) is 0.192. The first-order chi connectivity index (χ1) is 16.3. The van der Waals surface area contributed by atoms with Crippen molar-refractivity contribution in [3.63, 3.8) is 0 Å². The SMILES string of the molecule is CC1[NH2+]C(=O)N(c2c(Cl)cccc2Cl)c2cc(C3=CCNCC3)cc(-c3ccc(F)cc3Cl)c21. The number of fused-ring (bicyclic) bond motifs is 1. The van der Waals surface area contributed by atoms with E-state index in [0.717, 1.165) is 36.2 Å². The molecule has 4 nitrogen and oxygen atoms in total. The Morgan fingerprint density at radius 2 is 1.79 bits per heavy atom.